The second-order valence-electron chi connectivity index (χ2n) is 3.42. The van der Waals surface area contributed by atoms with E-state index in [0.29, 0.717) is 6.42 Å². The first-order valence-electron chi connectivity index (χ1n) is 4.47. The van der Waals surface area contributed by atoms with Gasteiger partial charge in [-0.05, 0) is 11.1 Å². The van der Waals surface area contributed by atoms with Crippen molar-refractivity contribution in [2.45, 2.75) is 11.8 Å². The lowest BCUT2D eigenvalue weighted by Crippen LogP contribution is -2.23. The molecule has 0 saturated heterocycles. The Kier molecular flexibility index (Phi) is 4.14. The van der Waals surface area contributed by atoms with Gasteiger partial charge in [0.05, 0.1) is 6.42 Å². The number of hydrogen-bond acceptors (Lipinski definition) is 1. The summed E-state index contributed by atoms with van der Waals surface area (Å²) in [5.41, 5.74) is 2.29. The number of hydrogen-bond donors (Lipinski definition) is 0. The summed E-state index contributed by atoms with van der Waals surface area (Å²) in [6.45, 7) is 0. The molecule has 0 bridgehead atoms. The smallest absolute Gasteiger partial charge is 0.226 e. The summed E-state index contributed by atoms with van der Waals surface area (Å²) < 4.78 is 0. The van der Waals surface area contributed by atoms with Crippen molar-refractivity contribution in [3.63, 3.8) is 0 Å². The lowest BCUT2D eigenvalue weighted by molar-refractivity contribution is -0.127. The molecule has 0 spiro atoms. The molecule has 1 aromatic rings. The van der Waals surface area contributed by atoms with E-state index in [1.165, 1.54) is 5.56 Å². The molecule has 0 heterocycles. The van der Waals surface area contributed by atoms with Crippen molar-refractivity contribution >= 4 is 21.8 Å². The average molecular weight is 256 g/mol. The molecule has 0 aliphatic rings. The van der Waals surface area contributed by atoms with E-state index < -0.39 is 0 Å². The van der Waals surface area contributed by atoms with Crippen LogP contribution in [0.5, 0.6) is 0 Å². The number of rotatable bonds is 3. The fourth-order valence-electron chi connectivity index (χ4n) is 1.08. The van der Waals surface area contributed by atoms with Gasteiger partial charge in [0, 0.05) is 19.4 Å². The van der Waals surface area contributed by atoms with Crippen LogP contribution in [0.3, 0.4) is 0 Å². The van der Waals surface area contributed by atoms with Crippen molar-refractivity contribution in [1.82, 2.24) is 4.90 Å². The van der Waals surface area contributed by atoms with E-state index in [1.54, 1.807) is 19.0 Å². The average Bonchev–Trinajstić information content (AvgIpc) is 2.19. The number of nitrogens with zero attached hydrogens (tertiary/aromatic N) is 1. The molecule has 1 rings (SSSR count). The molecule has 1 aromatic carbocycles. The molecule has 0 fully saturated rings. The monoisotopic (exact) mass is 255 g/mol. The third-order valence-corrected chi connectivity index (χ3v) is 2.68. The van der Waals surface area contributed by atoms with E-state index in [-0.39, 0.29) is 5.91 Å². The highest BCUT2D eigenvalue weighted by molar-refractivity contribution is 9.08. The summed E-state index contributed by atoms with van der Waals surface area (Å²) in [5.74, 6) is 0.136. The van der Waals surface area contributed by atoms with Crippen LogP contribution in [0.25, 0.3) is 0 Å². The molecule has 76 valence electrons. The maximum Gasteiger partial charge on any atom is 0.226 e. The number of alkyl halides is 1. The third kappa shape index (κ3) is 3.14. The topological polar surface area (TPSA) is 20.3 Å². The second kappa shape index (κ2) is 5.15. The molecule has 0 aliphatic heterocycles. The molecule has 3 heteroatoms. The lowest BCUT2D eigenvalue weighted by atomic mass is 10.1. The van der Waals surface area contributed by atoms with Gasteiger partial charge >= 0.3 is 0 Å². The second-order valence-corrected chi connectivity index (χ2v) is 3.98. The van der Waals surface area contributed by atoms with Gasteiger partial charge in [-0.15, -0.1) is 0 Å². The Morgan fingerprint density at radius 2 is 1.71 bits per heavy atom. The molecule has 0 unspecified atom stereocenters. The van der Waals surface area contributed by atoms with Gasteiger partial charge in [0.1, 0.15) is 0 Å². The molecular weight excluding hydrogens is 242 g/mol. The van der Waals surface area contributed by atoms with E-state index in [4.69, 9.17) is 0 Å². The zero-order chi connectivity index (χ0) is 10.6. The first-order chi connectivity index (χ1) is 6.63. The summed E-state index contributed by atoms with van der Waals surface area (Å²) in [7, 11) is 3.55. The van der Waals surface area contributed by atoms with Crippen LogP contribution in [-0.4, -0.2) is 24.9 Å². The number of amides is 1. The van der Waals surface area contributed by atoms with Crippen molar-refractivity contribution in [2.24, 2.45) is 0 Å². The van der Waals surface area contributed by atoms with Crippen molar-refractivity contribution in [3.8, 4) is 0 Å². The molecule has 0 radical (unpaired) electrons. The summed E-state index contributed by atoms with van der Waals surface area (Å²) in [4.78, 5) is 13.0. The number of halogens is 1. The Hall–Kier alpha value is -0.830. The number of carbonyl (C=O) groups is 1. The molecule has 0 aliphatic carbocycles. The maximum atomic E-state index is 11.4. The SMILES string of the molecule is CN(C)C(=O)Cc1ccc(CBr)cc1. The van der Waals surface area contributed by atoms with Gasteiger partial charge in [-0.3, -0.25) is 4.79 Å². The lowest BCUT2D eigenvalue weighted by Gasteiger charge is -2.09. The standard InChI is InChI=1S/C11H14BrNO/c1-13(2)11(14)7-9-3-5-10(8-12)6-4-9/h3-6H,7-8H2,1-2H3. The van der Waals surface area contributed by atoms with Gasteiger partial charge in [-0.25, -0.2) is 0 Å². The van der Waals surface area contributed by atoms with Crippen LogP contribution >= 0.6 is 15.9 Å². The van der Waals surface area contributed by atoms with Crippen LogP contribution < -0.4 is 0 Å². The van der Waals surface area contributed by atoms with Crippen molar-refractivity contribution in [1.29, 1.82) is 0 Å². The fourth-order valence-corrected chi connectivity index (χ4v) is 1.45. The molecular formula is C11H14BrNO. The largest absolute Gasteiger partial charge is 0.349 e. The molecule has 0 N–H and O–H groups in total. The zero-order valence-corrected chi connectivity index (χ0v) is 10.0. The minimum atomic E-state index is 0.136. The Balaban J connectivity index is 2.64. The Morgan fingerprint density at radius 1 is 1.21 bits per heavy atom. The van der Waals surface area contributed by atoms with Crippen LogP contribution in [0.1, 0.15) is 11.1 Å². The molecule has 0 atom stereocenters. The van der Waals surface area contributed by atoms with E-state index in [0.717, 1.165) is 10.9 Å². The first-order valence-corrected chi connectivity index (χ1v) is 5.59. The third-order valence-electron chi connectivity index (χ3n) is 2.03. The van der Waals surface area contributed by atoms with Crippen LogP contribution in [0.2, 0.25) is 0 Å². The Morgan fingerprint density at radius 3 is 2.14 bits per heavy atom. The van der Waals surface area contributed by atoms with Gasteiger partial charge in [0.25, 0.3) is 0 Å². The van der Waals surface area contributed by atoms with E-state index in [9.17, 15) is 4.79 Å². The predicted octanol–water partition coefficient (Wildman–Crippen LogP) is 2.21. The van der Waals surface area contributed by atoms with Gasteiger partial charge in [-0.2, -0.15) is 0 Å². The molecule has 0 aromatic heterocycles. The quantitative estimate of drug-likeness (QED) is 0.759. The van der Waals surface area contributed by atoms with E-state index >= 15 is 0 Å². The normalized spacial score (nSPS) is 9.93. The molecule has 0 saturated carbocycles. The zero-order valence-electron chi connectivity index (χ0n) is 8.46. The minimum Gasteiger partial charge on any atom is -0.349 e. The summed E-state index contributed by atoms with van der Waals surface area (Å²) >= 11 is 3.38. The summed E-state index contributed by atoms with van der Waals surface area (Å²) in [5, 5.41) is 0.856. The number of likely N-dealkylation sites (N-methyl/N-ethyl adjacent to an activating group) is 1. The maximum absolute atomic E-state index is 11.4. The van der Waals surface area contributed by atoms with Gasteiger partial charge in [-0.1, -0.05) is 40.2 Å². The minimum absolute atomic E-state index is 0.136. The van der Waals surface area contributed by atoms with Gasteiger partial charge < -0.3 is 4.90 Å². The van der Waals surface area contributed by atoms with Crippen LogP contribution in [0.4, 0.5) is 0 Å². The van der Waals surface area contributed by atoms with Crippen molar-refractivity contribution < 1.29 is 4.79 Å². The van der Waals surface area contributed by atoms with Crippen molar-refractivity contribution in [2.75, 3.05) is 14.1 Å². The highest BCUT2D eigenvalue weighted by Crippen LogP contribution is 2.08. The van der Waals surface area contributed by atoms with Crippen LogP contribution in [0.15, 0.2) is 24.3 Å². The predicted molar refractivity (Wildman–Crippen MR) is 61.5 cm³/mol. The number of carbonyl (C=O) groups excluding carboxylic acids is 1. The number of benzene rings is 1. The van der Waals surface area contributed by atoms with Crippen molar-refractivity contribution in [3.05, 3.63) is 35.4 Å². The van der Waals surface area contributed by atoms with Gasteiger partial charge in [0.2, 0.25) is 5.91 Å². The highest BCUT2D eigenvalue weighted by atomic mass is 79.9. The first kappa shape index (κ1) is 11.2. The van der Waals surface area contributed by atoms with Gasteiger partial charge in [0.15, 0.2) is 0 Å². The van der Waals surface area contributed by atoms with E-state index in [1.807, 2.05) is 24.3 Å². The molecule has 1 amide bonds. The van der Waals surface area contributed by atoms with Crippen LogP contribution in [-0.2, 0) is 16.5 Å². The summed E-state index contributed by atoms with van der Waals surface area (Å²) in [6.07, 6.45) is 0.482. The van der Waals surface area contributed by atoms with E-state index in [2.05, 4.69) is 15.9 Å². The Labute approximate surface area is 93.0 Å². The molecule has 14 heavy (non-hydrogen) atoms. The fraction of sp³-hybridized carbons (Fsp3) is 0.364. The molecule has 2 nitrogen and oxygen atoms in total. The highest BCUT2D eigenvalue weighted by Gasteiger charge is 2.04. The van der Waals surface area contributed by atoms with Crippen LogP contribution in [0, 0.1) is 0 Å². The summed E-state index contributed by atoms with van der Waals surface area (Å²) in [6, 6.07) is 8.07. The Bertz CT molecular complexity index is 306.